The number of aliphatic hydroxyl groups excluding tert-OH is 2. The van der Waals surface area contributed by atoms with Crippen molar-refractivity contribution in [1.82, 2.24) is 14.9 Å². The Bertz CT molecular complexity index is 1260. The van der Waals surface area contributed by atoms with Gasteiger partial charge in [-0.05, 0) is 51.0 Å². The van der Waals surface area contributed by atoms with Gasteiger partial charge < -0.3 is 44.1 Å². The molecule has 202 valence electrons. The van der Waals surface area contributed by atoms with E-state index in [0.29, 0.717) is 5.75 Å². The van der Waals surface area contributed by atoms with E-state index in [1.807, 2.05) is 4.98 Å². The summed E-state index contributed by atoms with van der Waals surface area (Å²) in [5, 5.41) is 22.7. The van der Waals surface area contributed by atoms with Crippen LogP contribution >= 0.6 is 7.60 Å². The van der Waals surface area contributed by atoms with Gasteiger partial charge in [0, 0.05) is 18.8 Å². The summed E-state index contributed by atoms with van der Waals surface area (Å²) in [5.41, 5.74) is -1.64. The van der Waals surface area contributed by atoms with Crippen LogP contribution in [0.5, 0.6) is 5.75 Å². The molecule has 0 bridgehead atoms. The Kier molecular flexibility index (Phi) is 12.9. The maximum Gasteiger partial charge on any atom is 1.00 e. The molecule has 1 amide bonds. The first-order valence-corrected chi connectivity index (χ1v) is 13.2. The predicted octanol–water partition coefficient (Wildman–Crippen LogP) is -7.18. The Hall–Kier alpha value is -1.000. The van der Waals surface area contributed by atoms with Gasteiger partial charge in [-0.3, -0.25) is 14.3 Å². The maximum absolute atomic E-state index is 12.3. The van der Waals surface area contributed by atoms with Crippen LogP contribution in [0.3, 0.4) is 0 Å². The predicted molar refractivity (Wildman–Crippen MR) is 121 cm³/mol. The van der Waals surface area contributed by atoms with E-state index in [1.165, 1.54) is 24.3 Å². The van der Waals surface area contributed by atoms with Gasteiger partial charge in [-0.2, -0.15) is 0 Å². The number of amides is 1. The summed E-state index contributed by atoms with van der Waals surface area (Å²) >= 11 is 0. The summed E-state index contributed by atoms with van der Waals surface area (Å²) in [6, 6.07) is 6.63. The standard InChI is InChI=1S/C22H28N3O11P.2Na/c26-16-9-10-25(21(29)24-16)19-18(28)17(27)15(35-19)11-23-22(30)36-20(37(31,32)33)12-5-7-14(8-6-12)34-13-3-1-2-4-13;;/h5-10,13,15,17-20,27-28H,1-4,11H2,(H,23,30)(H,24,26,29)(H2,31,32,33);;/q;2*+1/p-2/t15-,17-,18-,19-,20?;;/m1../s1. The van der Waals surface area contributed by atoms with Crippen molar-refractivity contribution in [3.63, 3.8) is 0 Å². The summed E-state index contributed by atoms with van der Waals surface area (Å²) in [6.07, 6.45) is -1.93. The molecular weight excluding hydrogens is 559 g/mol. The molecule has 2 aliphatic rings. The molecule has 1 aliphatic carbocycles. The van der Waals surface area contributed by atoms with Crippen LogP contribution in [0.15, 0.2) is 46.1 Å². The minimum absolute atomic E-state index is 0. The van der Waals surface area contributed by atoms with Crippen LogP contribution in [0.25, 0.3) is 0 Å². The average Bonchev–Trinajstić information content (AvgIpc) is 3.45. The fraction of sp³-hybridized carbons (Fsp3) is 0.500. The van der Waals surface area contributed by atoms with Gasteiger partial charge in [-0.25, -0.2) is 9.59 Å². The number of ether oxygens (including phenoxy) is 3. The summed E-state index contributed by atoms with van der Waals surface area (Å²) in [7, 11) is -5.44. The molecule has 39 heavy (non-hydrogen) atoms. The first-order valence-electron chi connectivity index (χ1n) is 11.6. The number of carbonyl (C=O) groups excluding carboxylic acids is 1. The van der Waals surface area contributed by atoms with Gasteiger partial charge in [0.15, 0.2) is 12.1 Å². The average molecular weight is 585 g/mol. The first kappa shape index (κ1) is 34.2. The van der Waals surface area contributed by atoms with E-state index in [9.17, 15) is 38.9 Å². The molecule has 2 aromatic rings. The third-order valence-electron chi connectivity index (χ3n) is 6.19. The smallest absolute Gasteiger partial charge is 0.808 e. The zero-order valence-electron chi connectivity index (χ0n) is 21.4. The van der Waals surface area contributed by atoms with Gasteiger partial charge in [-0.15, -0.1) is 0 Å². The number of aromatic nitrogens is 2. The van der Waals surface area contributed by atoms with Crippen molar-refractivity contribution >= 4 is 13.7 Å². The quantitative estimate of drug-likeness (QED) is 0.169. The fourth-order valence-corrected chi connectivity index (χ4v) is 5.07. The van der Waals surface area contributed by atoms with Gasteiger partial charge >= 0.3 is 70.9 Å². The summed E-state index contributed by atoms with van der Waals surface area (Å²) in [5.74, 6) is -1.63. The van der Waals surface area contributed by atoms with E-state index < -0.39 is 61.9 Å². The van der Waals surface area contributed by atoms with E-state index in [2.05, 4.69) is 5.32 Å². The van der Waals surface area contributed by atoms with Crippen LogP contribution in [-0.4, -0.2) is 56.8 Å². The number of benzene rings is 1. The minimum atomic E-state index is -5.44. The number of aromatic amines is 1. The molecule has 4 N–H and O–H groups in total. The molecule has 1 saturated carbocycles. The molecule has 4 rings (SSSR count). The third kappa shape index (κ3) is 8.74. The molecule has 1 unspecified atom stereocenters. The van der Waals surface area contributed by atoms with Gasteiger partial charge in [-0.1, -0.05) is 12.1 Å². The van der Waals surface area contributed by atoms with E-state index in [1.54, 1.807) is 0 Å². The number of aliphatic hydroxyl groups is 2. The van der Waals surface area contributed by atoms with Gasteiger partial charge in [0.2, 0.25) is 0 Å². The van der Waals surface area contributed by atoms with Crippen molar-refractivity contribution in [1.29, 1.82) is 0 Å². The van der Waals surface area contributed by atoms with Crippen molar-refractivity contribution in [2.45, 2.75) is 62.2 Å². The summed E-state index contributed by atoms with van der Waals surface area (Å²) in [4.78, 5) is 61.1. The van der Waals surface area contributed by atoms with Crippen molar-refractivity contribution in [3.8, 4) is 5.75 Å². The zero-order valence-corrected chi connectivity index (χ0v) is 26.3. The Morgan fingerprint density at radius 2 is 1.77 bits per heavy atom. The monoisotopic (exact) mass is 585 g/mol. The number of hydrogen-bond acceptors (Lipinski definition) is 11. The Labute approximate surface area is 266 Å². The Balaban J connectivity index is 0.00000267. The number of nitrogens with zero attached hydrogens (tertiary/aromatic N) is 1. The van der Waals surface area contributed by atoms with Crippen LogP contribution in [0.4, 0.5) is 4.79 Å². The molecule has 0 radical (unpaired) electrons. The van der Waals surface area contributed by atoms with Crippen molar-refractivity contribution in [2.75, 3.05) is 6.54 Å². The van der Waals surface area contributed by atoms with E-state index in [0.717, 1.165) is 42.5 Å². The van der Waals surface area contributed by atoms with Gasteiger partial charge in [0.05, 0.1) is 6.10 Å². The molecule has 2 heterocycles. The number of nitrogens with one attached hydrogen (secondary N) is 2. The number of H-pyrrole nitrogens is 1. The molecule has 1 aromatic carbocycles. The van der Waals surface area contributed by atoms with Crippen molar-refractivity contribution in [3.05, 3.63) is 62.9 Å². The summed E-state index contributed by atoms with van der Waals surface area (Å²) < 4.78 is 28.8. The number of hydrogen-bond donors (Lipinski definition) is 4. The van der Waals surface area contributed by atoms with E-state index in [4.69, 9.17) is 14.2 Å². The van der Waals surface area contributed by atoms with Gasteiger partial charge in [0.25, 0.3) is 5.56 Å². The summed E-state index contributed by atoms with van der Waals surface area (Å²) in [6.45, 7) is -0.464. The molecule has 2 fully saturated rings. The van der Waals surface area contributed by atoms with Gasteiger partial charge in [0.1, 0.15) is 24.1 Å². The van der Waals surface area contributed by atoms with Crippen LogP contribution in [0.2, 0.25) is 0 Å². The first-order chi connectivity index (χ1) is 17.5. The van der Waals surface area contributed by atoms with Crippen molar-refractivity contribution in [2.24, 2.45) is 0 Å². The fourth-order valence-electron chi connectivity index (χ4n) is 4.31. The van der Waals surface area contributed by atoms with Crippen LogP contribution in [0, 0.1) is 0 Å². The Morgan fingerprint density at radius 1 is 1.13 bits per heavy atom. The molecular formula is C22H26N3Na2O11P. The zero-order chi connectivity index (χ0) is 26.7. The SMILES string of the molecule is O=C(NC[C@H]1O[C@@H](n2ccc(=O)[nH]c2=O)[C@H](O)[C@@H]1O)OC(c1ccc(OC2CCCC2)cc1)P(=O)([O-])[O-].[Na+].[Na+]. The Morgan fingerprint density at radius 3 is 2.36 bits per heavy atom. The van der Waals surface area contributed by atoms with Crippen LogP contribution in [-0.2, 0) is 14.0 Å². The van der Waals surface area contributed by atoms with E-state index in [-0.39, 0.29) is 70.8 Å². The largest absolute Gasteiger partial charge is 1.00 e. The van der Waals surface area contributed by atoms with Crippen LogP contribution in [0.1, 0.15) is 43.3 Å². The molecule has 1 aliphatic heterocycles. The second-order valence-electron chi connectivity index (χ2n) is 8.84. The second-order valence-corrected chi connectivity index (χ2v) is 10.4. The third-order valence-corrected chi connectivity index (χ3v) is 7.16. The number of alkyl carbamates (subject to hydrolysis) is 1. The topological polar surface area (TPSA) is 215 Å². The molecule has 1 saturated heterocycles. The number of rotatable bonds is 8. The number of carbonyl (C=O) groups is 1. The molecule has 17 heteroatoms. The van der Waals surface area contributed by atoms with Crippen molar-refractivity contribution < 1.29 is 103 Å². The van der Waals surface area contributed by atoms with E-state index >= 15 is 0 Å². The molecule has 0 spiro atoms. The maximum atomic E-state index is 12.3. The molecule has 1 aromatic heterocycles. The molecule has 14 nitrogen and oxygen atoms in total. The normalized spacial score (nSPS) is 23.8. The molecule has 5 atom stereocenters. The van der Waals surface area contributed by atoms with Crippen LogP contribution < -0.4 is 90.2 Å². The second kappa shape index (κ2) is 14.8. The minimum Gasteiger partial charge on any atom is -0.808 e.